The first-order chi connectivity index (χ1) is 10.0. The molecule has 0 aliphatic carbocycles. The molecule has 0 saturated heterocycles. The lowest BCUT2D eigenvalue weighted by Gasteiger charge is -2.13. The van der Waals surface area contributed by atoms with Crippen molar-refractivity contribution in [3.8, 4) is 5.75 Å². The fraction of sp³-hybridized carbons (Fsp3) is 0.231. The van der Waals surface area contributed by atoms with Crippen LogP contribution in [0.2, 0.25) is 0 Å². The van der Waals surface area contributed by atoms with E-state index in [1.54, 1.807) is 0 Å². The summed E-state index contributed by atoms with van der Waals surface area (Å²) in [5.74, 6) is -1.64. The maximum atomic E-state index is 12.0. The molecular weight excluding hydrogens is 278 g/mol. The van der Waals surface area contributed by atoms with E-state index in [0.29, 0.717) is 5.75 Å². The molecule has 0 bridgehead atoms. The van der Waals surface area contributed by atoms with Crippen molar-refractivity contribution in [3.63, 3.8) is 0 Å². The number of hydrazone groups is 1. The van der Waals surface area contributed by atoms with Crippen molar-refractivity contribution in [3.05, 3.63) is 23.8 Å². The number of nitrogens with zero attached hydrogens (tertiary/aromatic N) is 1. The van der Waals surface area contributed by atoms with E-state index in [-0.39, 0.29) is 35.7 Å². The number of amides is 2. The monoisotopic (exact) mass is 291 g/mol. The van der Waals surface area contributed by atoms with Crippen LogP contribution in [0.25, 0.3) is 0 Å². The van der Waals surface area contributed by atoms with Crippen LogP contribution in [0.1, 0.15) is 23.2 Å². The number of hydrogen-bond acceptors (Lipinski definition) is 5. The maximum absolute atomic E-state index is 12.0. The number of carboxylic acids is 1. The van der Waals surface area contributed by atoms with Crippen molar-refractivity contribution >= 4 is 29.2 Å². The van der Waals surface area contributed by atoms with Crippen LogP contribution in [0.3, 0.4) is 0 Å². The minimum atomic E-state index is -1.19. The van der Waals surface area contributed by atoms with Gasteiger partial charge in [-0.25, -0.2) is 10.2 Å². The van der Waals surface area contributed by atoms with Crippen LogP contribution >= 0.6 is 0 Å². The minimum Gasteiger partial charge on any atom is -0.497 e. The molecule has 0 unspecified atom stereocenters. The zero-order valence-corrected chi connectivity index (χ0v) is 11.2. The number of nitrogens with one attached hydrogen (secondary N) is 2. The van der Waals surface area contributed by atoms with E-state index in [1.165, 1.54) is 25.3 Å². The number of hydrogen-bond donors (Lipinski definition) is 3. The Kier molecular flexibility index (Phi) is 4.17. The second kappa shape index (κ2) is 6.04. The van der Waals surface area contributed by atoms with Crippen molar-refractivity contribution in [1.82, 2.24) is 5.43 Å². The molecule has 110 valence electrons. The van der Waals surface area contributed by atoms with Crippen LogP contribution in [0, 0.1) is 0 Å². The van der Waals surface area contributed by atoms with Gasteiger partial charge in [0.25, 0.3) is 5.91 Å². The van der Waals surface area contributed by atoms with Gasteiger partial charge in [-0.3, -0.25) is 9.59 Å². The highest BCUT2D eigenvalue weighted by Crippen LogP contribution is 2.22. The Morgan fingerprint density at radius 2 is 2.14 bits per heavy atom. The predicted molar refractivity (Wildman–Crippen MR) is 73.4 cm³/mol. The first-order valence-electron chi connectivity index (χ1n) is 6.09. The molecule has 0 atom stereocenters. The lowest BCUT2D eigenvalue weighted by molar-refractivity contribution is -0.121. The van der Waals surface area contributed by atoms with Crippen LogP contribution in [0.5, 0.6) is 5.75 Å². The fourth-order valence-electron chi connectivity index (χ4n) is 1.77. The summed E-state index contributed by atoms with van der Waals surface area (Å²) in [4.78, 5) is 34.1. The smallest absolute Gasteiger partial charge is 0.337 e. The molecule has 1 aliphatic heterocycles. The molecule has 0 spiro atoms. The Balaban J connectivity index is 2.21. The molecule has 21 heavy (non-hydrogen) atoms. The maximum Gasteiger partial charge on any atom is 0.337 e. The Hall–Kier alpha value is -2.90. The summed E-state index contributed by atoms with van der Waals surface area (Å²) in [6.07, 6.45) is 0.372. The third-order valence-corrected chi connectivity index (χ3v) is 2.87. The highest BCUT2D eigenvalue weighted by molar-refractivity contribution is 6.43. The van der Waals surface area contributed by atoms with Crippen LogP contribution in [0.15, 0.2) is 23.3 Å². The highest BCUT2D eigenvalue weighted by atomic mass is 16.5. The van der Waals surface area contributed by atoms with Crippen LogP contribution in [0.4, 0.5) is 5.69 Å². The molecule has 1 aromatic rings. The Labute approximate surface area is 119 Å². The Bertz CT molecular complexity index is 639. The molecular formula is C13H13N3O5. The minimum absolute atomic E-state index is 0.0943. The Morgan fingerprint density at radius 1 is 1.38 bits per heavy atom. The Morgan fingerprint density at radius 3 is 2.71 bits per heavy atom. The predicted octanol–water partition coefficient (Wildman–Crippen LogP) is 0.598. The summed E-state index contributed by atoms with van der Waals surface area (Å²) >= 11 is 0. The lowest BCUT2D eigenvalue weighted by atomic mass is 10.1. The molecule has 0 saturated carbocycles. The number of ether oxygens (including phenoxy) is 1. The standard InChI is InChI=1S/C13H13N3O5/c1-21-7-2-3-9(8(6-7)13(19)20)14-12(18)10-4-5-11(17)16-15-10/h2-3,6H,4-5H2,1H3,(H,14,18)(H,16,17)(H,19,20). The fourth-order valence-corrected chi connectivity index (χ4v) is 1.77. The number of carbonyl (C=O) groups excluding carboxylic acids is 2. The summed E-state index contributed by atoms with van der Waals surface area (Å²) < 4.78 is 4.95. The number of anilines is 1. The number of methoxy groups -OCH3 is 1. The van der Waals surface area contributed by atoms with E-state index in [2.05, 4.69) is 15.8 Å². The van der Waals surface area contributed by atoms with Gasteiger partial charge >= 0.3 is 5.97 Å². The van der Waals surface area contributed by atoms with Crippen molar-refractivity contribution in [2.75, 3.05) is 12.4 Å². The lowest BCUT2D eigenvalue weighted by Crippen LogP contribution is -2.33. The zero-order chi connectivity index (χ0) is 15.4. The number of rotatable bonds is 4. The number of benzene rings is 1. The molecule has 8 heteroatoms. The highest BCUT2D eigenvalue weighted by Gasteiger charge is 2.20. The van der Waals surface area contributed by atoms with Crippen LogP contribution in [-0.2, 0) is 9.59 Å². The number of aromatic carboxylic acids is 1. The summed E-state index contributed by atoms with van der Waals surface area (Å²) in [5, 5.41) is 15.3. The van der Waals surface area contributed by atoms with E-state index in [1.807, 2.05) is 0 Å². The second-order valence-electron chi connectivity index (χ2n) is 4.26. The molecule has 1 aliphatic rings. The molecule has 8 nitrogen and oxygen atoms in total. The molecule has 1 heterocycles. The molecule has 0 aromatic heterocycles. The first kappa shape index (κ1) is 14.5. The van der Waals surface area contributed by atoms with Gasteiger partial charge in [-0.2, -0.15) is 5.10 Å². The van der Waals surface area contributed by atoms with E-state index in [0.717, 1.165) is 0 Å². The van der Waals surface area contributed by atoms with Crippen molar-refractivity contribution in [2.45, 2.75) is 12.8 Å². The van der Waals surface area contributed by atoms with Crippen molar-refractivity contribution in [2.24, 2.45) is 5.10 Å². The van der Waals surface area contributed by atoms with Gasteiger partial charge in [0.1, 0.15) is 11.5 Å². The summed E-state index contributed by atoms with van der Waals surface area (Å²) in [5.41, 5.74) is 2.38. The van der Waals surface area contributed by atoms with E-state index >= 15 is 0 Å². The van der Waals surface area contributed by atoms with E-state index in [4.69, 9.17) is 9.84 Å². The van der Waals surface area contributed by atoms with E-state index < -0.39 is 11.9 Å². The molecule has 1 aromatic carbocycles. The third kappa shape index (κ3) is 3.35. The molecule has 2 rings (SSSR count). The van der Waals surface area contributed by atoms with Crippen LogP contribution in [-0.4, -0.2) is 35.7 Å². The first-order valence-corrected chi connectivity index (χ1v) is 6.09. The van der Waals surface area contributed by atoms with Gasteiger partial charge in [-0.1, -0.05) is 0 Å². The summed E-state index contributed by atoms with van der Waals surface area (Å²) in [7, 11) is 1.42. The molecule has 0 fully saturated rings. The van der Waals surface area contributed by atoms with Crippen molar-refractivity contribution < 1.29 is 24.2 Å². The number of carbonyl (C=O) groups is 3. The summed E-state index contributed by atoms with van der Waals surface area (Å²) in [6, 6.07) is 4.27. The SMILES string of the molecule is COc1ccc(NC(=O)C2=NNC(=O)CC2)c(C(=O)O)c1. The van der Waals surface area contributed by atoms with Gasteiger partial charge in [-0.15, -0.1) is 0 Å². The topological polar surface area (TPSA) is 117 Å². The van der Waals surface area contributed by atoms with Crippen LogP contribution < -0.4 is 15.5 Å². The van der Waals surface area contributed by atoms with Gasteiger partial charge in [0.15, 0.2) is 0 Å². The normalized spacial score (nSPS) is 14.0. The van der Waals surface area contributed by atoms with Crippen molar-refractivity contribution in [1.29, 1.82) is 0 Å². The average molecular weight is 291 g/mol. The van der Waals surface area contributed by atoms with Gasteiger partial charge in [0.05, 0.1) is 18.4 Å². The summed E-state index contributed by atoms with van der Waals surface area (Å²) in [6.45, 7) is 0. The van der Waals surface area contributed by atoms with Gasteiger partial charge in [-0.05, 0) is 18.2 Å². The van der Waals surface area contributed by atoms with Gasteiger partial charge < -0.3 is 15.2 Å². The second-order valence-corrected chi connectivity index (χ2v) is 4.26. The van der Waals surface area contributed by atoms with E-state index in [9.17, 15) is 14.4 Å². The molecule has 2 amide bonds. The quantitative estimate of drug-likeness (QED) is 0.750. The molecule has 3 N–H and O–H groups in total. The number of carboxylic acid groups (broad SMARTS) is 1. The van der Waals surface area contributed by atoms with Gasteiger partial charge in [0.2, 0.25) is 5.91 Å². The molecule has 0 radical (unpaired) electrons. The average Bonchev–Trinajstić information content (AvgIpc) is 2.48. The van der Waals surface area contributed by atoms with Gasteiger partial charge in [0, 0.05) is 12.8 Å². The zero-order valence-electron chi connectivity index (χ0n) is 11.2. The largest absolute Gasteiger partial charge is 0.497 e. The third-order valence-electron chi connectivity index (χ3n) is 2.87.